The van der Waals surface area contributed by atoms with Crippen LogP contribution in [-0.4, -0.2) is 41.8 Å². The summed E-state index contributed by atoms with van der Waals surface area (Å²) in [5.74, 6) is -5.17. The van der Waals surface area contributed by atoms with Gasteiger partial charge in [-0.3, -0.25) is 4.79 Å². The molecule has 0 spiro atoms. The van der Waals surface area contributed by atoms with Crippen LogP contribution in [0.25, 0.3) is 0 Å². The first kappa shape index (κ1) is 18.1. The van der Waals surface area contributed by atoms with E-state index in [2.05, 4.69) is 20.6 Å². The Balaban J connectivity index is 1.74. The number of rotatable bonds is 4. The molecule has 1 fully saturated rings. The first-order chi connectivity index (χ1) is 12.2. The summed E-state index contributed by atoms with van der Waals surface area (Å²) in [6.07, 6.45) is 1.34. The lowest BCUT2D eigenvalue weighted by molar-refractivity contribution is 0.0936. The maximum Gasteiger partial charge on any atom is 0.270 e. The summed E-state index contributed by atoms with van der Waals surface area (Å²) in [5.41, 5.74) is -0.453. The zero-order valence-corrected chi connectivity index (χ0v) is 14.0. The lowest BCUT2D eigenvalue weighted by Crippen LogP contribution is -2.36. The second-order valence-corrected chi connectivity index (χ2v) is 7.94. The van der Waals surface area contributed by atoms with Gasteiger partial charge in [-0.2, -0.15) is 0 Å². The molecule has 1 unspecified atom stereocenters. The molecule has 2 N–H and O–H groups in total. The Kier molecular flexibility index (Phi) is 4.81. The molecule has 1 atom stereocenters. The van der Waals surface area contributed by atoms with Gasteiger partial charge in [0, 0.05) is 12.1 Å². The number of amides is 1. The van der Waals surface area contributed by atoms with Gasteiger partial charge in [-0.1, -0.05) is 0 Å². The van der Waals surface area contributed by atoms with Gasteiger partial charge in [0.1, 0.15) is 17.8 Å². The summed E-state index contributed by atoms with van der Waals surface area (Å²) >= 11 is 0. The van der Waals surface area contributed by atoms with Crippen molar-refractivity contribution in [3.05, 3.63) is 47.7 Å². The summed E-state index contributed by atoms with van der Waals surface area (Å²) in [5, 5.41) is 4.98. The highest BCUT2D eigenvalue weighted by Gasteiger charge is 2.29. The van der Waals surface area contributed by atoms with E-state index in [9.17, 15) is 26.4 Å². The van der Waals surface area contributed by atoms with Gasteiger partial charge < -0.3 is 10.6 Å². The zero-order chi connectivity index (χ0) is 18.9. The number of carbonyl (C=O) groups is 1. The summed E-state index contributed by atoms with van der Waals surface area (Å²) < 4.78 is 62.7. The summed E-state index contributed by atoms with van der Waals surface area (Å²) in [6.45, 7) is 0. The molecule has 1 aliphatic heterocycles. The number of aromatic nitrogens is 2. The molecular formula is C15H13F3N4O3S. The van der Waals surface area contributed by atoms with E-state index < -0.39 is 39.2 Å². The Morgan fingerprint density at radius 3 is 2.62 bits per heavy atom. The van der Waals surface area contributed by atoms with E-state index in [1.54, 1.807) is 0 Å². The first-order valence-electron chi connectivity index (χ1n) is 7.49. The van der Waals surface area contributed by atoms with Crippen LogP contribution in [0.5, 0.6) is 0 Å². The Morgan fingerprint density at radius 2 is 1.92 bits per heavy atom. The smallest absolute Gasteiger partial charge is 0.270 e. The molecule has 1 aliphatic rings. The molecule has 1 saturated heterocycles. The van der Waals surface area contributed by atoms with Crippen LogP contribution in [0, 0.1) is 17.5 Å². The summed E-state index contributed by atoms with van der Waals surface area (Å²) in [7, 11) is -3.15. The Labute approximate surface area is 146 Å². The predicted molar refractivity (Wildman–Crippen MR) is 86.2 cm³/mol. The van der Waals surface area contributed by atoms with Gasteiger partial charge >= 0.3 is 0 Å². The average Bonchev–Trinajstić information content (AvgIpc) is 2.94. The van der Waals surface area contributed by atoms with E-state index >= 15 is 0 Å². The maximum atomic E-state index is 13.7. The fraction of sp³-hybridized carbons (Fsp3) is 0.267. The van der Waals surface area contributed by atoms with Gasteiger partial charge in [-0.25, -0.2) is 31.6 Å². The maximum absolute atomic E-state index is 13.7. The third-order valence-electron chi connectivity index (χ3n) is 3.77. The van der Waals surface area contributed by atoms with Crippen molar-refractivity contribution in [2.75, 3.05) is 16.8 Å². The summed E-state index contributed by atoms with van der Waals surface area (Å²) in [4.78, 5) is 19.7. The van der Waals surface area contributed by atoms with Crippen molar-refractivity contribution in [2.24, 2.45) is 0 Å². The van der Waals surface area contributed by atoms with Crippen LogP contribution in [0.2, 0.25) is 0 Å². The molecule has 0 bridgehead atoms. The van der Waals surface area contributed by atoms with Crippen LogP contribution in [0.15, 0.2) is 24.5 Å². The lowest BCUT2D eigenvalue weighted by Gasteiger charge is -2.11. The number of anilines is 2. The van der Waals surface area contributed by atoms with E-state index in [1.807, 2.05) is 0 Å². The molecule has 1 amide bonds. The second kappa shape index (κ2) is 6.90. The molecule has 1 aromatic carbocycles. The number of sulfone groups is 1. The minimum Gasteiger partial charge on any atom is -0.347 e. The molecule has 11 heteroatoms. The van der Waals surface area contributed by atoms with E-state index in [1.165, 1.54) is 6.07 Å². The molecule has 0 saturated carbocycles. The number of hydrogen-bond donors (Lipinski definition) is 2. The monoisotopic (exact) mass is 386 g/mol. The van der Waals surface area contributed by atoms with Crippen LogP contribution in [0.3, 0.4) is 0 Å². The first-order valence-corrected chi connectivity index (χ1v) is 9.31. The third-order valence-corrected chi connectivity index (χ3v) is 5.53. The highest BCUT2D eigenvalue weighted by molar-refractivity contribution is 7.91. The van der Waals surface area contributed by atoms with Crippen LogP contribution in [0.4, 0.5) is 24.7 Å². The van der Waals surface area contributed by atoms with Gasteiger partial charge in [-0.05, 0) is 18.6 Å². The van der Waals surface area contributed by atoms with Crippen molar-refractivity contribution in [1.82, 2.24) is 15.3 Å². The molecule has 0 radical (unpaired) electrons. The number of carbonyl (C=O) groups excluding carboxylic acids is 1. The molecule has 0 aliphatic carbocycles. The van der Waals surface area contributed by atoms with Crippen molar-refractivity contribution in [2.45, 2.75) is 12.5 Å². The number of nitrogens with one attached hydrogen (secondary N) is 2. The molecule has 2 aromatic rings. The van der Waals surface area contributed by atoms with Crippen molar-refractivity contribution < 1.29 is 26.4 Å². The molecule has 138 valence electrons. The largest absolute Gasteiger partial charge is 0.347 e. The van der Waals surface area contributed by atoms with Gasteiger partial charge in [0.15, 0.2) is 27.3 Å². The van der Waals surface area contributed by atoms with Gasteiger partial charge in [0.25, 0.3) is 5.91 Å². The number of halogens is 3. The average molecular weight is 386 g/mol. The normalized spacial score (nSPS) is 18.5. The van der Waals surface area contributed by atoms with Crippen LogP contribution in [0.1, 0.15) is 16.9 Å². The van der Waals surface area contributed by atoms with Crippen molar-refractivity contribution in [3.8, 4) is 0 Å². The third kappa shape index (κ3) is 3.93. The fourth-order valence-electron chi connectivity index (χ4n) is 2.48. The Bertz CT molecular complexity index is 969. The van der Waals surface area contributed by atoms with Gasteiger partial charge in [-0.15, -0.1) is 0 Å². The minimum absolute atomic E-state index is 0.00390. The molecular weight excluding hydrogens is 373 g/mol. The minimum atomic E-state index is -3.15. The highest BCUT2D eigenvalue weighted by Crippen LogP contribution is 2.22. The molecule has 7 nitrogen and oxygen atoms in total. The SMILES string of the molecule is O=C(NC1CCS(=O)(=O)C1)c1cc(Nc2ccc(F)c(F)c2F)ncn1. The quantitative estimate of drug-likeness (QED) is 0.774. The van der Waals surface area contributed by atoms with Crippen LogP contribution >= 0.6 is 0 Å². The van der Waals surface area contributed by atoms with E-state index in [4.69, 9.17) is 0 Å². The van der Waals surface area contributed by atoms with Crippen molar-refractivity contribution in [1.29, 1.82) is 0 Å². The predicted octanol–water partition coefficient (Wildman–Crippen LogP) is 1.55. The topological polar surface area (TPSA) is 101 Å². The Morgan fingerprint density at radius 1 is 1.15 bits per heavy atom. The summed E-state index contributed by atoms with van der Waals surface area (Å²) in [6, 6.07) is 2.40. The number of hydrogen-bond acceptors (Lipinski definition) is 6. The second-order valence-electron chi connectivity index (χ2n) is 5.71. The Hall–Kier alpha value is -2.69. The van der Waals surface area contributed by atoms with E-state index in [0.717, 1.165) is 18.5 Å². The number of benzene rings is 1. The molecule has 2 heterocycles. The van der Waals surface area contributed by atoms with Gasteiger partial charge in [0.05, 0.1) is 17.2 Å². The highest BCUT2D eigenvalue weighted by atomic mass is 32.2. The lowest BCUT2D eigenvalue weighted by atomic mass is 10.2. The van der Waals surface area contributed by atoms with Crippen LogP contribution < -0.4 is 10.6 Å². The van der Waals surface area contributed by atoms with Crippen molar-refractivity contribution in [3.63, 3.8) is 0 Å². The molecule has 3 rings (SSSR count). The van der Waals surface area contributed by atoms with Crippen molar-refractivity contribution >= 4 is 27.2 Å². The molecule has 26 heavy (non-hydrogen) atoms. The molecule has 1 aromatic heterocycles. The standard InChI is InChI=1S/C15H13F3N4O3S/c16-9-1-2-10(14(18)13(9)17)22-12-5-11(19-7-20-12)15(23)21-8-3-4-26(24,25)6-8/h1-2,5,7-8H,3-4,6H2,(H,21,23)(H,19,20,22). The number of nitrogens with zero attached hydrogens (tertiary/aromatic N) is 2. The zero-order valence-electron chi connectivity index (χ0n) is 13.2. The van der Waals surface area contributed by atoms with E-state index in [0.29, 0.717) is 6.42 Å². The fourth-order valence-corrected chi connectivity index (χ4v) is 4.15. The van der Waals surface area contributed by atoms with E-state index in [-0.39, 0.29) is 28.7 Å². The van der Waals surface area contributed by atoms with Gasteiger partial charge in [0.2, 0.25) is 0 Å². The van der Waals surface area contributed by atoms with Crippen LogP contribution in [-0.2, 0) is 9.84 Å².